The van der Waals surface area contributed by atoms with Crippen LogP contribution < -0.4 is 11.1 Å². The van der Waals surface area contributed by atoms with Gasteiger partial charge in [0.15, 0.2) is 0 Å². The first-order valence-corrected chi connectivity index (χ1v) is 8.94. The van der Waals surface area contributed by atoms with Crippen molar-refractivity contribution in [1.82, 2.24) is 10.2 Å². The molecule has 1 aliphatic heterocycles. The maximum Gasteiger partial charge on any atom is 0.223 e. The van der Waals surface area contributed by atoms with E-state index in [2.05, 4.69) is 24.1 Å². The van der Waals surface area contributed by atoms with Crippen LogP contribution in [0.1, 0.15) is 46.0 Å². The molecule has 3 N–H and O–H groups in total. The van der Waals surface area contributed by atoms with E-state index in [0.29, 0.717) is 24.6 Å². The molecule has 0 radical (unpaired) electrons. The normalized spacial score (nSPS) is 27.5. The minimum Gasteiger partial charge on any atom is -0.377 e. The van der Waals surface area contributed by atoms with E-state index < -0.39 is 0 Å². The number of nitrogens with two attached hydrogens (primary N) is 1. The SMILES string of the molecule is CC(C)OCCN1CCC(NC(=O)[C@@H]2CCC[C@@H]2CN)CC1. The monoisotopic (exact) mass is 311 g/mol. The molecule has 1 amide bonds. The number of ether oxygens (including phenoxy) is 1. The summed E-state index contributed by atoms with van der Waals surface area (Å²) >= 11 is 0. The maximum absolute atomic E-state index is 12.4. The molecule has 1 heterocycles. The van der Waals surface area contributed by atoms with Gasteiger partial charge in [-0.15, -0.1) is 0 Å². The lowest BCUT2D eigenvalue weighted by atomic mass is 9.94. The molecular formula is C17H33N3O2. The third-order valence-corrected chi connectivity index (χ3v) is 5.09. The van der Waals surface area contributed by atoms with Gasteiger partial charge in [-0.3, -0.25) is 4.79 Å². The van der Waals surface area contributed by atoms with Crippen molar-refractivity contribution in [3.63, 3.8) is 0 Å². The Morgan fingerprint density at radius 1 is 1.27 bits per heavy atom. The molecule has 2 aliphatic rings. The molecule has 5 nitrogen and oxygen atoms in total. The molecule has 1 aliphatic carbocycles. The lowest BCUT2D eigenvalue weighted by Gasteiger charge is -2.33. The second-order valence-electron chi connectivity index (χ2n) is 7.08. The lowest BCUT2D eigenvalue weighted by molar-refractivity contribution is -0.127. The molecule has 1 saturated carbocycles. The van der Waals surface area contributed by atoms with Gasteiger partial charge in [-0.2, -0.15) is 0 Å². The molecule has 2 fully saturated rings. The number of rotatable bonds is 7. The zero-order valence-electron chi connectivity index (χ0n) is 14.2. The van der Waals surface area contributed by atoms with E-state index in [1.165, 1.54) is 0 Å². The van der Waals surface area contributed by atoms with E-state index in [1.807, 2.05) is 0 Å². The number of piperidine rings is 1. The van der Waals surface area contributed by atoms with Crippen LogP contribution in [0.5, 0.6) is 0 Å². The Kier molecular flexibility index (Phi) is 7.12. The molecule has 0 spiro atoms. The van der Waals surface area contributed by atoms with Gasteiger partial charge in [0.1, 0.15) is 0 Å². The summed E-state index contributed by atoms with van der Waals surface area (Å²) in [6.07, 6.45) is 5.68. The summed E-state index contributed by atoms with van der Waals surface area (Å²) in [5, 5.41) is 3.27. The first-order chi connectivity index (χ1) is 10.6. The highest BCUT2D eigenvalue weighted by atomic mass is 16.5. The predicted octanol–water partition coefficient (Wildman–Crippen LogP) is 1.37. The number of hydrogen-bond donors (Lipinski definition) is 2. The van der Waals surface area contributed by atoms with Crippen LogP contribution in [0.25, 0.3) is 0 Å². The average molecular weight is 311 g/mol. The van der Waals surface area contributed by atoms with Gasteiger partial charge < -0.3 is 20.7 Å². The smallest absolute Gasteiger partial charge is 0.223 e. The van der Waals surface area contributed by atoms with E-state index >= 15 is 0 Å². The van der Waals surface area contributed by atoms with Gasteiger partial charge in [0.05, 0.1) is 12.7 Å². The van der Waals surface area contributed by atoms with Crippen LogP contribution in [-0.2, 0) is 9.53 Å². The standard InChI is InChI=1S/C17H33N3O2/c1-13(2)22-11-10-20-8-6-15(7-9-20)19-17(21)16-5-3-4-14(16)12-18/h13-16H,3-12,18H2,1-2H3,(H,19,21)/t14-,16-/m1/s1. The summed E-state index contributed by atoms with van der Waals surface area (Å²) in [5.74, 6) is 0.797. The fourth-order valence-corrected chi connectivity index (χ4v) is 3.69. The minimum absolute atomic E-state index is 0.155. The molecule has 128 valence electrons. The average Bonchev–Trinajstić information content (AvgIpc) is 2.97. The Morgan fingerprint density at radius 3 is 2.64 bits per heavy atom. The Balaban J connectivity index is 1.65. The van der Waals surface area contributed by atoms with Gasteiger partial charge in [-0.25, -0.2) is 0 Å². The van der Waals surface area contributed by atoms with Gasteiger partial charge in [0.2, 0.25) is 5.91 Å². The third kappa shape index (κ3) is 5.21. The summed E-state index contributed by atoms with van der Waals surface area (Å²) in [6.45, 7) is 8.69. The molecule has 1 saturated heterocycles. The van der Waals surface area contributed by atoms with Crippen LogP contribution in [0, 0.1) is 11.8 Å². The van der Waals surface area contributed by atoms with Crippen molar-refractivity contribution in [2.75, 3.05) is 32.8 Å². The van der Waals surface area contributed by atoms with Crippen LogP contribution in [0.3, 0.4) is 0 Å². The fourth-order valence-electron chi connectivity index (χ4n) is 3.69. The number of likely N-dealkylation sites (tertiary alicyclic amines) is 1. The number of nitrogens with zero attached hydrogens (tertiary/aromatic N) is 1. The fraction of sp³-hybridized carbons (Fsp3) is 0.941. The van der Waals surface area contributed by atoms with Crippen molar-refractivity contribution in [1.29, 1.82) is 0 Å². The van der Waals surface area contributed by atoms with E-state index in [4.69, 9.17) is 10.5 Å². The van der Waals surface area contributed by atoms with E-state index in [1.54, 1.807) is 0 Å². The molecule has 0 aromatic rings. The Morgan fingerprint density at radius 2 is 2.00 bits per heavy atom. The van der Waals surface area contributed by atoms with Crippen molar-refractivity contribution in [2.45, 2.75) is 58.1 Å². The summed E-state index contributed by atoms with van der Waals surface area (Å²) in [5.41, 5.74) is 5.78. The Hall–Kier alpha value is -0.650. The number of carbonyl (C=O) groups excluding carboxylic acids is 1. The van der Waals surface area contributed by atoms with Crippen molar-refractivity contribution >= 4 is 5.91 Å². The van der Waals surface area contributed by atoms with Crippen LogP contribution in [-0.4, -0.2) is 55.7 Å². The zero-order valence-corrected chi connectivity index (χ0v) is 14.2. The van der Waals surface area contributed by atoms with E-state index in [9.17, 15) is 4.79 Å². The molecule has 22 heavy (non-hydrogen) atoms. The molecule has 2 rings (SSSR count). The number of hydrogen-bond acceptors (Lipinski definition) is 4. The molecule has 0 bridgehead atoms. The van der Waals surface area contributed by atoms with Gasteiger partial charge in [-0.1, -0.05) is 6.42 Å². The maximum atomic E-state index is 12.4. The molecule has 0 aromatic heterocycles. The first-order valence-electron chi connectivity index (χ1n) is 8.94. The number of nitrogens with one attached hydrogen (secondary N) is 1. The second kappa shape index (κ2) is 8.85. The van der Waals surface area contributed by atoms with Gasteiger partial charge in [-0.05, 0) is 52.0 Å². The van der Waals surface area contributed by atoms with E-state index in [-0.39, 0.29) is 11.8 Å². The van der Waals surface area contributed by atoms with Crippen LogP contribution in [0.4, 0.5) is 0 Å². The Labute approximate surface area is 134 Å². The first kappa shape index (κ1) is 17.7. The van der Waals surface area contributed by atoms with Gasteiger partial charge in [0.25, 0.3) is 0 Å². The third-order valence-electron chi connectivity index (χ3n) is 5.09. The van der Waals surface area contributed by atoms with Crippen molar-refractivity contribution in [3.05, 3.63) is 0 Å². The summed E-state index contributed by atoms with van der Waals surface area (Å²) in [7, 11) is 0. The highest BCUT2D eigenvalue weighted by Gasteiger charge is 2.33. The highest BCUT2D eigenvalue weighted by Crippen LogP contribution is 2.31. The molecule has 2 atom stereocenters. The van der Waals surface area contributed by atoms with Crippen LogP contribution in [0.2, 0.25) is 0 Å². The van der Waals surface area contributed by atoms with Gasteiger partial charge >= 0.3 is 0 Å². The topological polar surface area (TPSA) is 67.6 Å². The largest absolute Gasteiger partial charge is 0.377 e. The van der Waals surface area contributed by atoms with Crippen molar-refractivity contribution < 1.29 is 9.53 Å². The lowest BCUT2D eigenvalue weighted by Crippen LogP contribution is -2.47. The Bertz CT molecular complexity index is 341. The van der Waals surface area contributed by atoms with Crippen LogP contribution in [0.15, 0.2) is 0 Å². The molecule has 0 unspecified atom stereocenters. The highest BCUT2D eigenvalue weighted by molar-refractivity contribution is 5.79. The number of amides is 1. The quantitative estimate of drug-likeness (QED) is 0.745. The molecule has 0 aromatic carbocycles. The zero-order chi connectivity index (χ0) is 15.9. The minimum atomic E-state index is 0.155. The number of carbonyl (C=O) groups is 1. The summed E-state index contributed by atoms with van der Waals surface area (Å²) in [4.78, 5) is 14.8. The van der Waals surface area contributed by atoms with Crippen LogP contribution >= 0.6 is 0 Å². The molecular weight excluding hydrogens is 278 g/mol. The van der Waals surface area contributed by atoms with E-state index in [0.717, 1.165) is 58.3 Å². The van der Waals surface area contributed by atoms with Crippen molar-refractivity contribution in [3.8, 4) is 0 Å². The summed E-state index contributed by atoms with van der Waals surface area (Å²) < 4.78 is 5.60. The second-order valence-corrected chi connectivity index (χ2v) is 7.08. The van der Waals surface area contributed by atoms with Crippen molar-refractivity contribution in [2.24, 2.45) is 17.6 Å². The van der Waals surface area contributed by atoms with Gasteiger partial charge in [0, 0.05) is 31.6 Å². The summed E-state index contributed by atoms with van der Waals surface area (Å²) in [6, 6.07) is 0.341. The predicted molar refractivity (Wildman–Crippen MR) is 88.6 cm³/mol. The molecule has 5 heteroatoms.